The number of carboxylic acids is 1. The highest BCUT2D eigenvalue weighted by molar-refractivity contribution is 5.86. The van der Waals surface area contributed by atoms with Gasteiger partial charge in [0, 0.05) is 12.5 Å². The molecule has 3 nitrogen and oxygen atoms in total. The fraction of sp³-hybridized carbons (Fsp3) is 0.421. The minimum Gasteiger partial charge on any atom is -0.481 e. The van der Waals surface area contributed by atoms with E-state index in [0.717, 1.165) is 25.9 Å². The summed E-state index contributed by atoms with van der Waals surface area (Å²) >= 11 is 0. The van der Waals surface area contributed by atoms with E-state index in [2.05, 4.69) is 47.4 Å². The smallest absolute Gasteiger partial charge is 0.303 e. The molecular formula is C19H23NO2. The molecule has 1 aliphatic rings. The van der Waals surface area contributed by atoms with E-state index in [4.69, 9.17) is 5.11 Å². The zero-order valence-electron chi connectivity index (χ0n) is 12.9. The molecule has 3 heteroatoms. The van der Waals surface area contributed by atoms with Crippen molar-refractivity contribution in [3.05, 3.63) is 48.0 Å². The van der Waals surface area contributed by atoms with E-state index >= 15 is 0 Å². The number of unbranched alkanes of at least 4 members (excludes halogenated alkanes) is 1. The minimum absolute atomic E-state index is 0.284. The molecule has 0 bridgehead atoms. The summed E-state index contributed by atoms with van der Waals surface area (Å²) in [6.07, 6.45) is 4.45. The van der Waals surface area contributed by atoms with Crippen molar-refractivity contribution in [3.63, 3.8) is 0 Å². The number of fused-ring (bicyclic) bond motifs is 1. The van der Waals surface area contributed by atoms with Crippen LogP contribution >= 0.6 is 0 Å². The third kappa shape index (κ3) is 3.30. The number of rotatable bonds is 6. The van der Waals surface area contributed by atoms with Crippen LogP contribution in [0.5, 0.6) is 0 Å². The highest BCUT2D eigenvalue weighted by Gasteiger charge is 2.26. The summed E-state index contributed by atoms with van der Waals surface area (Å²) in [5.41, 5.74) is 1.42. The number of carboxylic acid groups (broad SMARTS) is 1. The van der Waals surface area contributed by atoms with E-state index in [1.807, 2.05) is 0 Å². The molecule has 0 radical (unpaired) electrons. The molecular weight excluding hydrogens is 274 g/mol. The van der Waals surface area contributed by atoms with Gasteiger partial charge in [-0.3, -0.25) is 9.69 Å². The minimum atomic E-state index is -0.688. The van der Waals surface area contributed by atoms with Crippen molar-refractivity contribution in [2.45, 2.75) is 38.1 Å². The SMILES string of the molecule is O=C(O)CCCCN1CCCC1c1cccc2ccccc12. The van der Waals surface area contributed by atoms with Crippen molar-refractivity contribution in [1.29, 1.82) is 0 Å². The van der Waals surface area contributed by atoms with Gasteiger partial charge in [-0.15, -0.1) is 0 Å². The zero-order valence-corrected chi connectivity index (χ0v) is 12.9. The van der Waals surface area contributed by atoms with Crippen LogP contribution in [-0.2, 0) is 4.79 Å². The van der Waals surface area contributed by atoms with Gasteiger partial charge in [0.25, 0.3) is 0 Å². The Morgan fingerprint density at radius 1 is 1.14 bits per heavy atom. The number of benzene rings is 2. The maximum Gasteiger partial charge on any atom is 0.303 e. The van der Waals surface area contributed by atoms with Crippen molar-refractivity contribution in [2.75, 3.05) is 13.1 Å². The Balaban J connectivity index is 1.73. The van der Waals surface area contributed by atoms with E-state index in [9.17, 15) is 4.79 Å². The fourth-order valence-electron chi connectivity index (χ4n) is 3.58. The van der Waals surface area contributed by atoms with Gasteiger partial charge in [0.15, 0.2) is 0 Å². The van der Waals surface area contributed by atoms with Gasteiger partial charge < -0.3 is 5.11 Å². The van der Waals surface area contributed by atoms with Gasteiger partial charge in [-0.05, 0) is 55.1 Å². The van der Waals surface area contributed by atoms with E-state index in [0.29, 0.717) is 6.04 Å². The van der Waals surface area contributed by atoms with Crippen molar-refractivity contribution >= 4 is 16.7 Å². The molecule has 0 spiro atoms. The fourth-order valence-corrected chi connectivity index (χ4v) is 3.58. The number of hydrogen-bond donors (Lipinski definition) is 1. The lowest BCUT2D eigenvalue weighted by Crippen LogP contribution is -2.24. The summed E-state index contributed by atoms with van der Waals surface area (Å²) in [7, 11) is 0. The van der Waals surface area contributed by atoms with Crippen LogP contribution < -0.4 is 0 Å². The number of hydrogen-bond acceptors (Lipinski definition) is 2. The first-order valence-electron chi connectivity index (χ1n) is 8.19. The van der Waals surface area contributed by atoms with Crippen LogP contribution in [-0.4, -0.2) is 29.1 Å². The van der Waals surface area contributed by atoms with Gasteiger partial charge in [-0.1, -0.05) is 42.5 Å². The molecule has 2 aromatic rings. The van der Waals surface area contributed by atoms with Gasteiger partial charge in [0.2, 0.25) is 0 Å². The molecule has 0 aliphatic carbocycles. The van der Waals surface area contributed by atoms with E-state index in [-0.39, 0.29) is 6.42 Å². The van der Waals surface area contributed by atoms with E-state index in [1.165, 1.54) is 29.2 Å². The average Bonchev–Trinajstić information content (AvgIpc) is 2.99. The number of carbonyl (C=O) groups is 1. The highest BCUT2D eigenvalue weighted by atomic mass is 16.4. The van der Waals surface area contributed by atoms with Crippen molar-refractivity contribution in [2.24, 2.45) is 0 Å². The first-order valence-corrected chi connectivity index (χ1v) is 8.19. The predicted molar refractivity (Wildman–Crippen MR) is 89.0 cm³/mol. The molecule has 1 aliphatic heterocycles. The Bertz CT molecular complexity index is 647. The molecule has 1 atom stereocenters. The first-order chi connectivity index (χ1) is 10.8. The molecule has 2 aromatic carbocycles. The van der Waals surface area contributed by atoms with Gasteiger partial charge >= 0.3 is 5.97 Å². The summed E-state index contributed by atoms with van der Waals surface area (Å²) in [5, 5.41) is 11.4. The summed E-state index contributed by atoms with van der Waals surface area (Å²) in [6, 6.07) is 15.6. The normalized spacial score (nSPS) is 18.8. The molecule has 0 amide bonds. The van der Waals surface area contributed by atoms with Crippen molar-refractivity contribution < 1.29 is 9.90 Å². The molecule has 1 unspecified atom stereocenters. The largest absolute Gasteiger partial charge is 0.481 e. The van der Waals surface area contributed by atoms with Crippen LogP contribution in [0.3, 0.4) is 0 Å². The van der Waals surface area contributed by atoms with Gasteiger partial charge in [0.1, 0.15) is 0 Å². The maximum atomic E-state index is 10.6. The molecule has 1 N–H and O–H groups in total. The second-order valence-corrected chi connectivity index (χ2v) is 6.11. The van der Waals surface area contributed by atoms with Crippen LogP contribution in [0, 0.1) is 0 Å². The summed E-state index contributed by atoms with van der Waals surface area (Å²) in [6.45, 7) is 2.13. The quantitative estimate of drug-likeness (QED) is 0.811. The van der Waals surface area contributed by atoms with E-state index in [1.54, 1.807) is 0 Å². The molecule has 3 rings (SSSR count). The Hall–Kier alpha value is -1.87. The number of nitrogens with zero attached hydrogens (tertiary/aromatic N) is 1. The van der Waals surface area contributed by atoms with Crippen LogP contribution in [0.25, 0.3) is 10.8 Å². The molecule has 22 heavy (non-hydrogen) atoms. The highest BCUT2D eigenvalue weighted by Crippen LogP contribution is 2.35. The average molecular weight is 297 g/mol. The summed E-state index contributed by atoms with van der Waals surface area (Å²) in [4.78, 5) is 13.1. The second kappa shape index (κ2) is 6.93. The molecule has 1 heterocycles. The molecule has 1 fully saturated rings. The Labute approximate surface area is 131 Å². The summed E-state index contributed by atoms with van der Waals surface area (Å²) < 4.78 is 0. The monoisotopic (exact) mass is 297 g/mol. The Morgan fingerprint density at radius 3 is 2.82 bits per heavy atom. The standard InChI is InChI=1S/C19H23NO2/c21-19(22)12-3-4-13-20-14-6-11-18(20)17-10-5-8-15-7-1-2-9-16(15)17/h1-2,5,7-10,18H,3-4,6,11-14H2,(H,21,22). The van der Waals surface area contributed by atoms with Crippen LogP contribution in [0.2, 0.25) is 0 Å². The second-order valence-electron chi connectivity index (χ2n) is 6.11. The molecule has 0 saturated carbocycles. The third-order valence-electron chi connectivity index (χ3n) is 4.63. The summed E-state index contributed by atoms with van der Waals surface area (Å²) in [5.74, 6) is -0.688. The van der Waals surface area contributed by atoms with Gasteiger partial charge in [-0.2, -0.15) is 0 Å². The predicted octanol–water partition coefficient (Wildman–Crippen LogP) is 4.23. The molecule has 1 saturated heterocycles. The molecule has 116 valence electrons. The van der Waals surface area contributed by atoms with Crippen molar-refractivity contribution in [3.8, 4) is 0 Å². The van der Waals surface area contributed by atoms with Crippen LogP contribution in [0.15, 0.2) is 42.5 Å². The lowest BCUT2D eigenvalue weighted by molar-refractivity contribution is -0.137. The number of likely N-dealkylation sites (tertiary alicyclic amines) is 1. The molecule has 0 aromatic heterocycles. The third-order valence-corrected chi connectivity index (χ3v) is 4.63. The first kappa shape index (κ1) is 15.0. The van der Waals surface area contributed by atoms with Crippen LogP contribution in [0.4, 0.5) is 0 Å². The van der Waals surface area contributed by atoms with Gasteiger partial charge in [-0.25, -0.2) is 0 Å². The van der Waals surface area contributed by atoms with Gasteiger partial charge in [0.05, 0.1) is 0 Å². The van der Waals surface area contributed by atoms with Crippen molar-refractivity contribution in [1.82, 2.24) is 4.90 Å². The lowest BCUT2D eigenvalue weighted by atomic mass is 9.97. The lowest BCUT2D eigenvalue weighted by Gasteiger charge is -2.26. The maximum absolute atomic E-state index is 10.6. The topological polar surface area (TPSA) is 40.5 Å². The Morgan fingerprint density at radius 2 is 1.95 bits per heavy atom. The number of aliphatic carboxylic acids is 1. The van der Waals surface area contributed by atoms with Crippen LogP contribution in [0.1, 0.15) is 43.7 Å². The Kier molecular flexibility index (Phi) is 4.74. The zero-order chi connectivity index (χ0) is 15.4. The van der Waals surface area contributed by atoms with E-state index < -0.39 is 5.97 Å².